The fourth-order valence-corrected chi connectivity index (χ4v) is 3.89. The maximum Gasteiger partial charge on any atom is 0.255 e. The second-order valence-electron chi connectivity index (χ2n) is 7.49. The molecule has 27 heavy (non-hydrogen) atoms. The second kappa shape index (κ2) is 7.03. The number of carbonyl (C=O) groups excluding carboxylic acids is 3. The van der Waals surface area contributed by atoms with Gasteiger partial charge < -0.3 is 20.3 Å². The molecule has 3 heterocycles. The number of hydrogen-bond acceptors (Lipinski definition) is 6. The van der Waals surface area contributed by atoms with Gasteiger partial charge in [0.25, 0.3) is 5.91 Å². The van der Waals surface area contributed by atoms with Gasteiger partial charge in [0.05, 0.1) is 0 Å². The summed E-state index contributed by atoms with van der Waals surface area (Å²) in [5.74, 6) is -0.796. The zero-order valence-corrected chi connectivity index (χ0v) is 15.3. The third-order valence-electron chi connectivity index (χ3n) is 5.70. The summed E-state index contributed by atoms with van der Waals surface area (Å²) in [6, 6.07) is 5.28. The molecule has 2 saturated heterocycles. The molecule has 144 valence electrons. The number of piperidine rings is 1. The molecule has 0 spiro atoms. The maximum atomic E-state index is 12.8. The van der Waals surface area contributed by atoms with E-state index in [0.717, 1.165) is 30.8 Å². The van der Waals surface area contributed by atoms with Crippen LogP contribution in [0.1, 0.15) is 34.3 Å². The fourth-order valence-electron chi connectivity index (χ4n) is 3.89. The van der Waals surface area contributed by atoms with Crippen LogP contribution in [0, 0.1) is 0 Å². The number of nitrogens with one attached hydrogen (secondary N) is 3. The Kier molecular flexibility index (Phi) is 4.71. The molecule has 4 rings (SSSR count). The molecule has 3 aliphatic heterocycles. The van der Waals surface area contributed by atoms with Gasteiger partial charge in [-0.05, 0) is 23.6 Å². The normalized spacial score (nSPS) is 23.8. The summed E-state index contributed by atoms with van der Waals surface area (Å²) in [5, 5.41) is 8.94. The highest BCUT2D eigenvalue weighted by atomic mass is 16.5. The molecule has 1 aromatic rings. The molecule has 0 aliphatic carbocycles. The van der Waals surface area contributed by atoms with Crippen molar-refractivity contribution in [3.8, 4) is 0 Å². The monoisotopic (exact) mass is 372 g/mol. The molecule has 0 saturated carbocycles. The first-order chi connectivity index (χ1) is 13.0. The van der Waals surface area contributed by atoms with Gasteiger partial charge in [0.1, 0.15) is 11.6 Å². The van der Waals surface area contributed by atoms with Crippen molar-refractivity contribution < 1.29 is 19.1 Å². The Balaban J connectivity index is 1.40. The van der Waals surface area contributed by atoms with Crippen molar-refractivity contribution in [1.82, 2.24) is 20.9 Å². The van der Waals surface area contributed by atoms with Gasteiger partial charge in [-0.2, -0.15) is 0 Å². The molecule has 1 aromatic carbocycles. The number of nitrogens with zero attached hydrogens (tertiary/aromatic N) is 1. The predicted molar refractivity (Wildman–Crippen MR) is 96.8 cm³/mol. The lowest BCUT2D eigenvalue weighted by Crippen LogP contribution is -2.65. The molecular formula is C19H24N4O4. The van der Waals surface area contributed by atoms with E-state index in [2.05, 4.69) is 16.0 Å². The number of carbonyl (C=O) groups is 3. The summed E-state index contributed by atoms with van der Waals surface area (Å²) in [6.07, 6.45) is 0.647. The standard InChI is InChI=1S/C19H24N4O4/c1-27-19(10-21-11-19)9-20-7-12-2-3-13-8-23(18(26)14(13)6-12)15-4-5-16(24)22-17(15)25/h2-3,6,15,20-21H,4-5,7-11H2,1H3,(H,22,24,25). The average Bonchev–Trinajstić information content (AvgIpc) is 2.94. The predicted octanol–water partition coefficient (Wildman–Crippen LogP) is -0.474. The lowest BCUT2D eigenvalue weighted by atomic mass is 9.96. The minimum atomic E-state index is -0.572. The van der Waals surface area contributed by atoms with Gasteiger partial charge in [-0.25, -0.2) is 0 Å². The van der Waals surface area contributed by atoms with Crippen LogP contribution in [0.2, 0.25) is 0 Å². The van der Waals surface area contributed by atoms with Crippen molar-refractivity contribution in [3.05, 3.63) is 34.9 Å². The van der Waals surface area contributed by atoms with E-state index in [9.17, 15) is 14.4 Å². The SMILES string of the molecule is COC1(CNCc2ccc3c(c2)C(=O)N(C2CCC(=O)NC2=O)C3)CNC1. The van der Waals surface area contributed by atoms with E-state index >= 15 is 0 Å². The fraction of sp³-hybridized carbons (Fsp3) is 0.526. The Bertz CT molecular complexity index is 784. The van der Waals surface area contributed by atoms with Crippen LogP contribution < -0.4 is 16.0 Å². The van der Waals surface area contributed by atoms with Gasteiger partial charge in [0, 0.05) is 51.8 Å². The van der Waals surface area contributed by atoms with Crippen molar-refractivity contribution in [3.63, 3.8) is 0 Å². The van der Waals surface area contributed by atoms with Crippen LogP contribution in [0.3, 0.4) is 0 Å². The number of fused-ring (bicyclic) bond motifs is 1. The highest BCUT2D eigenvalue weighted by Crippen LogP contribution is 2.28. The molecule has 0 aromatic heterocycles. The number of rotatable bonds is 6. The van der Waals surface area contributed by atoms with Gasteiger partial charge in [-0.3, -0.25) is 19.7 Å². The zero-order valence-electron chi connectivity index (χ0n) is 15.3. The highest BCUT2D eigenvalue weighted by Gasteiger charge is 2.39. The Morgan fingerprint density at radius 3 is 2.78 bits per heavy atom. The number of methoxy groups -OCH3 is 1. The van der Waals surface area contributed by atoms with Gasteiger partial charge in [0.2, 0.25) is 11.8 Å². The van der Waals surface area contributed by atoms with Crippen LogP contribution in [-0.2, 0) is 27.4 Å². The summed E-state index contributed by atoms with van der Waals surface area (Å²) in [4.78, 5) is 37.8. The van der Waals surface area contributed by atoms with E-state index < -0.39 is 6.04 Å². The Hall–Kier alpha value is -2.29. The van der Waals surface area contributed by atoms with Crippen molar-refractivity contribution in [2.45, 2.75) is 37.6 Å². The highest BCUT2D eigenvalue weighted by molar-refractivity contribution is 6.05. The average molecular weight is 372 g/mol. The maximum absolute atomic E-state index is 12.8. The molecule has 8 nitrogen and oxygen atoms in total. The van der Waals surface area contributed by atoms with E-state index in [1.807, 2.05) is 18.2 Å². The van der Waals surface area contributed by atoms with Crippen LogP contribution in [0.5, 0.6) is 0 Å². The Morgan fingerprint density at radius 2 is 2.11 bits per heavy atom. The number of hydrogen-bond donors (Lipinski definition) is 3. The topological polar surface area (TPSA) is 99.8 Å². The third-order valence-corrected chi connectivity index (χ3v) is 5.70. The third kappa shape index (κ3) is 3.36. The van der Waals surface area contributed by atoms with Crippen LogP contribution in [-0.4, -0.2) is 61.0 Å². The summed E-state index contributed by atoms with van der Waals surface area (Å²) in [6.45, 7) is 3.46. The lowest BCUT2D eigenvalue weighted by molar-refractivity contribution is -0.136. The van der Waals surface area contributed by atoms with Crippen LogP contribution in [0.25, 0.3) is 0 Å². The molecule has 3 N–H and O–H groups in total. The summed E-state index contributed by atoms with van der Waals surface area (Å²) in [7, 11) is 1.72. The molecule has 1 unspecified atom stereocenters. The van der Waals surface area contributed by atoms with E-state index in [0.29, 0.717) is 25.1 Å². The summed E-state index contributed by atoms with van der Waals surface area (Å²) in [5.41, 5.74) is 2.44. The van der Waals surface area contributed by atoms with Crippen molar-refractivity contribution in [2.24, 2.45) is 0 Å². The first-order valence-corrected chi connectivity index (χ1v) is 9.24. The number of imide groups is 1. The van der Waals surface area contributed by atoms with E-state index in [1.54, 1.807) is 12.0 Å². The molecule has 2 fully saturated rings. The van der Waals surface area contributed by atoms with Gasteiger partial charge in [-0.15, -0.1) is 0 Å². The molecule has 3 amide bonds. The molecule has 3 aliphatic rings. The first-order valence-electron chi connectivity index (χ1n) is 9.24. The second-order valence-corrected chi connectivity index (χ2v) is 7.49. The number of ether oxygens (including phenoxy) is 1. The Morgan fingerprint density at radius 1 is 1.30 bits per heavy atom. The van der Waals surface area contributed by atoms with Crippen LogP contribution in [0.15, 0.2) is 18.2 Å². The van der Waals surface area contributed by atoms with E-state index in [1.165, 1.54) is 0 Å². The zero-order chi connectivity index (χ0) is 19.0. The summed E-state index contributed by atoms with van der Waals surface area (Å²) < 4.78 is 5.55. The quantitative estimate of drug-likeness (QED) is 0.584. The molecule has 0 radical (unpaired) electrons. The van der Waals surface area contributed by atoms with Crippen molar-refractivity contribution in [2.75, 3.05) is 26.7 Å². The minimum absolute atomic E-state index is 0.141. The summed E-state index contributed by atoms with van der Waals surface area (Å²) >= 11 is 0. The first kappa shape index (κ1) is 18.1. The molecule has 8 heteroatoms. The van der Waals surface area contributed by atoms with E-state index in [-0.39, 0.29) is 29.7 Å². The smallest absolute Gasteiger partial charge is 0.255 e. The molecular weight excluding hydrogens is 348 g/mol. The van der Waals surface area contributed by atoms with Crippen LogP contribution >= 0.6 is 0 Å². The van der Waals surface area contributed by atoms with Gasteiger partial charge in [0.15, 0.2) is 0 Å². The lowest BCUT2D eigenvalue weighted by Gasteiger charge is -2.41. The van der Waals surface area contributed by atoms with Crippen molar-refractivity contribution in [1.29, 1.82) is 0 Å². The Labute approximate surface area is 157 Å². The van der Waals surface area contributed by atoms with Gasteiger partial charge >= 0.3 is 0 Å². The van der Waals surface area contributed by atoms with Gasteiger partial charge in [-0.1, -0.05) is 12.1 Å². The minimum Gasteiger partial charge on any atom is -0.374 e. The molecule has 0 bridgehead atoms. The van der Waals surface area contributed by atoms with Crippen molar-refractivity contribution >= 4 is 17.7 Å². The van der Waals surface area contributed by atoms with E-state index in [4.69, 9.17) is 4.74 Å². The largest absolute Gasteiger partial charge is 0.374 e. The van der Waals surface area contributed by atoms with Crippen LogP contribution in [0.4, 0.5) is 0 Å². The number of benzene rings is 1. The number of amides is 3. The molecule has 1 atom stereocenters.